The number of fused-ring (bicyclic) bond motifs is 1. The van der Waals surface area contributed by atoms with Crippen LogP contribution in [0, 0.1) is 0 Å². The number of nitrogens with two attached hydrogens (primary N) is 1. The molecule has 0 bridgehead atoms. The molecule has 0 aromatic carbocycles. The number of alkyl halides is 6. The zero-order chi connectivity index (χ0) is 32.9. The smallest absolute Gasteiger partial charge is 0.406 e. The summed E-state index contributed by atoms with van der Waals surface area (Å²) in [5.41, 5.74) is 7.77. The second-order valence-corrected chi connectivity index (χ2v) is 13.3. The minimum atomic E-state index is -5.06. The molecule has 3 N–H and O–H groups in total. The Kier molecular flexibility index (Phi) is 8.64. The second-order valence-electron chi connectivity index (χ2n) is 11.0. The number of nitrogen functional groups attached to an aromatic ring is 1. The lowest BCUT2D eigenvalue weighted by Gasteiger charge is -2.31. The van der Waals surface area contributed by atoms with Gasteiger partial charge in [0.1, 0.15) is 23.6 Å². The van der Waals surface area contributed by atoms with Crippen LogP contribution < -0.4 is 15.8 Å². The molecule has 3 aromatic rings. The first kappa shape index (κ1) is 32.7. The number of piperidine rings is 1. The molecule has 2 fully saturated rings. The van der Waals surface area contributed by atoms with E-state index < -0.39 is 58.6 Å². The average Bonchev–Trinajstić information content (AvgIpc) is 3.54. The van der Waals surface area contributed by atoms with E-state index >= 15 is 0 Å². The van der Waals surface area contributed by atoms with Crippen LogP contribution >= 0.6 is 0 Å². The highest BCUT2D eigenvalue weighted by atomic mass is 32.2. The molecule has 45 heavy (non-hydrogen) atoms. The number of pyridine rings is 1. The molecule has 12 nitrogen and oxygen atoms in total. The Morgan fingerprint density at radius 2 is 1.89 bits per heavy atom. The van der Waals surface area contributed by atoms with Gasteiger partial charge in [0.05, 0.1) is 18.8 Å². The number of ether oxygens (including phenoxy) is 1. The van der Waals surface area contributed by atoms with Gasteiger partial charge in [0.2, 0.25) is 15.9 Å². The van der Waals surface area contributed by atoms with Gasteiger partial charge < -0.3 is 15.8 Å². The lowest BCUT2D eigenvalue weighted by atomic mass is 10.1. The summed E-state index contributed by atoms with van der Waals surface area (Å²) in [5, 5.41) is 3.85. The number of carbonyl (C=O) groups excluding carboxylic acids is 1. The first-order valence-corrected chi connectivity index (χ1v) is 15.3. The van der Waals surface area contributed by atoms with Crippen LogP contribution in [0.4, 0.5) is 32.2 Å². The molecule has 2 aliphatic rings. The number of halogens is 6. The molecule has 2 saturated heterocycles. The molecule has 5 heterocycles. The van der Waals surface area contributed by atoms with Crippen molar-refractivity contribution in [1.29, 1.82) is 0 Å². The lowest BCUT2D eigenvalue weighted by Crippen LogP contribution is -2.45. The molecule has 5 rings (SSSR count). The van der Waals surface area contributed by atoms with Crippen LogP contribution in [0.2, 0.25) is 0 Å². The van der Waals surface area contributed by atoms with Crippen molar-refractivity contribution in [3.8, 4) is 17.1 Å². The number of likely N-dealkylation sites (tertiary alicyclic amines) is 1. The Labute approximate surface area is 253 Å². The summed E-state index contributed by atoms with van der Waals surface area (Å²) in [6.07, 6.45) is -5.04. The van der Waals surface area contributed by atoms with Crippen molar-refractivity contribution in [2.45, 2.75) is 55.9 Å². The molecule has 19 heteroatoms. The van der Waals surface area contributed by atoms with E-state index in [1.54, 1.807) is 6.07 Å². The third kappa shape index (κ3) is 6.51. The van der Waals surface area contributed by atoms with Crippen molar-refractivity contribution in [3.63, 3.8) is 0 Å². The van der Waals surface area contributed by atoms with E-state index in [0.29, 0.717) is 33.6 Å². The first-order chi connectivity index (χ1) is 21.0. The number of aromatic nitrogens is 4. The normalized spacial score (nSPS) is 22.0. The molecule has 1 amide bonds. The summed E-state index contributed by atoms with van der Waals surface area (Å²) >= 11 is 0. The summed E-state index contributed by atoms with van der Waals surface area (Å²) in [7, 11) is -3.71. The number of sulfonamides is 1. The molecule has 0 aliphatic carbocycles. The number of carbonyl (C=O) groups is 1. The first-order valence-electron chi connectivity index (χ1n) is 13.8. The van der Waals surface area contributed by atoms with Crippen LogP contribution in [-0.4, -0.2) is 106 Å². The third-order valence-electron chi connectivity index (χ3n) is 8.03. The van der Waals surface area contributed by atoms with Crippen LogP contribution in [0.3, 0.4) is 0 Å². The zero-order valence-electron chi connectivity index (χ0n) is 24.1. The number of amides is 1. The number of anilines is 1. The quantitative estimate of drug-likeness (QED) is 0.347. The van der Waals surface area contributed by atoms with Gasteiger partial charge in [-0.1, -0.05) is 0 Å². The number of hydrogen-bond donors (Lipinski definition) is 2. The van der Waals surface area contributed by atoms with Crippen molar-refractivity contribution >= 4 is 27.3 Å². The topological polar surface area (TPSA) is 148 Å². The molecular weight excluding hydrogens is 634 g/mol. The van der Waals surface area contributed by atoms with Gasteiger partial charge in [0, 0.05) is 57.3 Å². The van der Waals surface area contributed by atoms with Crippen molar-refractivity contribution < 1.29 is 44.3 Å². The highest BCUT2D eigenvalue weighted by Gasteiger charge is 2.51. The Morgan fingerprint density at radius 3 is 2.53 bits per heavy atom. The second kappa shape index (κ2) is 11.9. The Bertz CT molecular complexity index is 1690. The van der Waals surface area contributed by atoms with E-state index in [-0.39, 0.29) is 49.7 Å². The number of rotatable bonds is 8. The number of hydrogen-bond acceptors (Lipinski definition) is 9. The summed E-state index contributed by atoms with van der Waals surface area (Å²) < 4.78 is 114. The SMILES string of the molecule is COc1ncc(-c2cc(CN3CCC(F)(F)CC3)c3c(N)ncnn23)cc1C(=O)N[C@@H]1CN(S(=O)(=O)C(C)C(F)(F)F)C[C@@H]1F. The van der Waals surface area contributed by atoms with E-state index in [4.69, 9.17) is 10.5 Å². The Morgan fingerprint density at radius 1 is 1.20 bits per heavy atom. The molecule has 3 aromatic heterocycles. The van der Waals surface area contributed by atoms with Gasteiger partial charge >= 0.3 is 6.18 Å². The summed E-state index contributed by atoms with van der Waals surface area (Å²) in [4.78, 5) is 23.4. The van der Waals surface area contributed by atoms with Gasteiger partial charge in [-0.15, -0.1) is 0 Å². The number of nitrogens with one attached hydrogen (secondary N) is 1. The summed E-state index contributed by atoms with van der Waals surface area (Å²) in [6, 6.07) is 1.62. The van der Waals surface area contributed by atoms with Gasteiger partial charge in [0.15, 0.2) is 11.1 Å². The largest absolute Gasteiger partial charge is 0.480 e. The van der Waals surface area contributed by atoms with Crippen LogP contribution in [0.1, 0.15) is 35.7 Å². The van der Waals surface area contributed by atoms with Crippen LogP contribution in [0.25, 0.3) is 16.8 Å². The molecule has 246 valence electrons. The van der Waals surface area contributed by atoms with E-state index in [1.807, 2.05) is 4.90 Å². The third-order valence-corrected chi connectivity index (χ3v) is 10.2. The van der Waals surface area contributed by atoms with Gasteiger partial charge in [-0.2, -0.15) is 22.6 Å². The maximum atomic E-state index is 14.9. The van der Waals surface area contributed by atoms with Crippen LogP contribution in [0.15, 0.2) is 24.7 Å². The Hall–Kier alpha value is -3.71. The maximum absolute atomic E-state index is 14.9. The molecule has 0 spiro atoms. The van der Waals surface area contributed by atoms with Gasteiger partial charge in [-0.05, 0) is 24.6 Å². The van der Waals surface area contributed by atoms with Gasteiger partial charge in [-0.3, -0.25) is 9.69 Å². The molecule has 0 saturated carbocycles. The van der Waals surface area contributed by atoms with Crippen molar-refractivity contribution in [2.75, 3.05) is 39.0 Å². The average molecular weight is 665 g/mol. The zero-order valence-corrected chi connectivity index (χ0v) is 24.9. The van der Waals surface area contributed by atoms with E-state index in [1.165, 1.54) is 30.2 Å². The maximum Gasteiger partial charge on any atom is 0.406 e. The molecule has 1 unspecified atom stereocenters. The summed E-state index contributed by atoms with van der Waals surface area (Å²) in [6.45, 7) is -0.524. The molecule has 0 radical (unpaired) electrons. The van der Waals surface area contributed by atoms with Crippen molar-refractivity contribution in [3.05, 3.63) is 35.8 Å². The number of methoxy groups -OCH3 is 1. The monoisotopic (exact) mass is 664 g/mol. The van der Waals surface area contributed by atoms with Crippen molar-refractivity contribution in [2.24, 2.45) is 0 Å². The highest BCUT2D eigenvalue weighted by molar-refractivity contribution is 7.89. The van der Waals surface area contributed by atoms with Crippen LogP contribution in [-0.2, 0) is 16.6 Å². The molecule has 3 atom stereocenters. The predicted octanol–water partition coefficient (Wildman–Crippen LogP) is 2.65. The highest BCUT2D eigenvalue weighted by Crippen LogP contribution is 2.34. The van der Waals surface area contributed by atoms with E-state index in [0.717, 1.165) is 0 Å². The fraction of sp³-hybridized carbons (Fsp3) is 0.538. The standard InChI is InChI=1S/C26H30F6N8O4S/c1-14(26(30,31)32)45(42,43)39-11-18(27)19(12-39)37-23(41)17-7-15(9-34-24(17)44-2)20-8-16(21-22(33)35-13-36-40(20)21)10-38-5-3-25(28,29)4-6-38/h7-9,13-14,18-19H,3-6,10-12H2,1-2H3,(H,37,41)(H2,33,35,36)/t14?,18-,19+/m0/s1. The predicted molar refractivity (Wildman–Crippen MR) is 149 cm³/mol. The minimum Gasteiger partial charge on any atom is -0.480 e. The van der Waals surface area contributed by atoms with Gasteiger partial charge in [-0.25, -0.2) is 36.1 Å². The van der Waals surface area contributed by atoms with Crippen molar-refractivity contribution in [1.82, 2.24) is 34.1 Å². The molecular formula is C26H30F6N8O4S. The van der Waals surface area contributed by atoms with Crippen LogP contribution in [0.5, 0.6) is 5.88 Å². The van der Waals surface area contributed by atoms with E-state index in [9.17, 15) is 39.6 Å². The minimum absolute atomic E-state index is 0.127. The van der Waals surface area contributed by atoms with E-state index in [2.05, 4.69) is 20.4 Å². The lowest BCUT2D eigenvalue weighted by molar-refractivity contribution is -0.127. The Balaban J connectivity index is 1.42. The number of nitrogens with zero attached hydrogens (tertiary/aromatic N) is 6. The fourth-order valence-corrected chi connectivity index (χ4v) is 6.88. The summed E-state index contributed by atoms with van der Waals surface area (Å²) in [5.74, 6) is -3.68. The molecule has 2 aliphatic heterocycles. The fourth-order valence-electron chi connectivity index (χ4n) is 5.38. The van der Waals surface area contributed by atoms with Gasteiger partial charge in [0.25, 0.3) is 11.8 Å².